The first-order chi connectivity index (χ1) is 29.7. The fourth-order valence-electron chi connectivity index (χ4n) is 13.8. The van der Waals surface area contributed by atoms with Crippen molar-refractivity contribution >= 4 is 0 Å². The van der Waals surface area contributed by atoms with Gasteiger partial charge in [0.05, 0.1) is 44.7 Å². The van der Waals surface area contributed by atoms with Crippen LogP contribution in [-0.4, -0.2) is 198 Å². The van der Waals surface area contributed by atoms with E-state index in [1.165, 1.54) is 0 Å². The van der Waals surface area contributed by atoms with E-state index in [2.05, 4.69) is 20.8 Å². The van der Waals surface area contributed by atoms with Gasteiger partial charge >= 0.3 is 0 Å². The van der Waals surface area contributed by atoms with Crippen LogP contribution in [0.15, 0.2) is 0 Å². The molecule has 0 radical (unpaired) electrons. The standard InChI is InChI=1S/C44H74O19/c1-18(15-57-40-37(54)34(51)32(49)28(14-45)61-40)7-10-44(56)19(2)30-27(63-44)12-23-21-6-5-20-11-26(24(46)13-43(20,4)22(21)8-9-42(23,30)3)60-41-38(55)35(52)33(50)29(62-41)17-59-39-36(53)31(48)25(47)16-58-39/h18-41,45-56H,5-17H2,1-4H3. The molecule has 0 aromatic rings. The Hall–Kier alpha value is -0.760. The van der Waals surface area contributed by atoms with Gasteiger partial charge in [0.2, 0.25) is 0 Å². The summed E-state index contributed by atoms with van der Waals surface area (Å²) in [6, 6.07) is 0. The molecule has 12 N–H and O–H groups in total. The predicted molar refractivity (Wildman–Crippen MR) is 214 cm³/mol. The van der Waals surface area contributed by atoms with Crippen molar-refractivity contribution in [3.05, 3.63) is 0 Å². The molecule has 19 nitrogen and oxygen atoms in total. The molecule has 0 amide bonds. The van der Waals surface area contributed by atoms with Crippen molar-refractivity contribution in [2.24, 2.45) is 52.3 Å². The van der Waals surface area contributed by atoms with E-state index in [1.54, 1.807) is 0 Å². The van der Waals surface area contributed by atoms with Crippen LogP contribution in [0, 0.1) is 52.3 Å². The third-order valence-corrected chi connectivity index (χ3v) is 17.6. The van der Waals surface area contributed by atoms with E-state index in [-0.39, 0.29) is 53.8 Å². The summed E-state index contributed by atoms with van der Waals surface area (Å²) in [4.78, 5) is 0. The lowest BCUT2D eigenvalue weighted by molar-refractivity contribution is -0.336. The zero-order valence-corrected chi connectivity index (χ0v) is 36.8. The summed E-state index contributed by atoms with van der Waals surface area (Å²) in [6.07, 6.45) is -14.9. The molecular weight excluding hydrogens is 832 g/mol. The summed E-state index contributed by atoms with van der Waals surface area (Å²) in [7, 11) is 0. The van der Waals surface area contributed by atoms with Gasteiger partial charge in [-0.1, -0.05) is 27.7 Å². The monoisotopic (exact) mass is 906 g/mol. The van der Waals surface area contributed by atoms with E-state index in [4.69, 9.17) is 33.2 Å². The summed E-state index contributed by atoms with van der Waals surface area (Å²) >= 11 is 0. The molecule has 364 valence electrons. The van der Waals surface area contributed by atoms with Crippen LogP contribution in [-0.2, 0) is 33.2 Å². The van der Waals surface area contributed by atoms with Crippen LogP contribution in [0.5, 0.6) is 0 Å². The maximum atomic E-state index is 12.0. The van der Waals surface area contributed by atoms with Crippen molar-refractivity contribution in [1.29, 1.82) is 0 Å². The van der Waals surface area contributed by atoms with Crippen molar-refractivity contribution in [1.82, 2.24) is 0 Å². The fraction of sp³-hybridized carbons (Fsp3) is 1.00. The average molecular weight is 907 g/mol. The van der Waals surface area contributed by atoms with Crippen LogP contribution < -0.4 is 0 Å². The van der Waals surface area contributed by atoms with Crippen LogP contribution in [0.4, 0.5) is 0 Å². The second-order valence-electron chi connectivity index (χ2n) is 21.2. The van der Waals surface area contributed by atoms with Crippen LogP contribution in [0.3, 0.4) is 0 Å². The molecule has 4 heterocycles. The molecular formula is C44H74O19. The van der Waals surface area contributed by atoms with E-state index in [1.807, 2.05) is 6.92 Å². The smallest absolute Gasteiger partial charge is 0.187 e. The van der Waals surface area contributed by atoms with Gasteiger partial charge in [0.15, 0.2) is 24.7 Å². The first-order valence-electron chi connectivity index (χ1n) is 23.3. The molecule has 0 bridgehead atoms. The Morgan fingerprint density at radius 2 is 1.37 bits per heavy atom. The molecule has 0 aromatic carbocycles. The molecule has 0 spiro atoms. The quantitative estimate of drug-likeness (QED) is 0.0928. The minimum Gasteiger partial charge on any atom is -0.394 e. The minimum absolute atomic E-state index is 0.0436. The zero-order chi connectivity index (χ0) is 45.5. The van der Waals surface area contributed by atoms with Gasteiger partial charge in [-0.15, -0.1) is 0 Å². The number of aliphatic hydroxyl groups excluding tert-OH is 11. The number of aliphatic hydroxyl groups is 12. The molecule has 27 atom stereocenters. The van der Waals surface area contributed by atoms with Gasteiger partial charge in [0.1, 0.15) is 67.1 Å². The Morgan fingerprint density at radius 1 is 0.698 bits per heavy atom. The van der Waals surface area contributed by atoms with Gasteiger partial charge < -0.3 is 94.4 Å². The highest BCUT2D eigenvalue weighted by atomic mass is 16.7. The van der Waals surface area contributed by atoms with Gasteiger partial charge in [-0.25, -0.2) is 0 Å². The Kier molecular flexibility index (Phi) is 14.4. The van der Waals surface area contributed by atoms with E-state index < -0.39 is 117 Å². The van der Waals surface area contributed by atoms with Gasteiger partial charge in [-0.2, -0.15) is 0 Å². The summed E-state index contributed by atoms with van der Waals surface area (Å²) in [6.45, 7) is 7.67. The Balaban J connectivity index is 0.848. The topological polar surface area (TPSA) is 307 Å². The summed E-state index contributed by atoms with van der Waals surface area (Å²) in [5.41, 5.74) is -0.225. The zero-order valence-electron chi connectivity index (χ0n) is 36.8. The Bertz CT molecular complexity index is 1550. The second-order valence-corrected chi connectivity index (χ2v) is 21.2. The molecule has 4 aliphatic carbocycles. The number of hydrogen-bond acceptors (Lipinski definition) is 19. The van der Waals surface area contributed by atoms with Crippen molar-refractivity contribution in [3.63, 3.8) is 0 Å². The molecule has 8 rings (SSSR count). The van der Waals surface area contributed by atoms with E-state index in [0.29, 0.717) is 43.4 Å². The van der Waals surface area contributed by atoms with E-state index in [9.17, 15) is 61.3 Å². The van der Waals surface area contributed by atoms with Crippen LogP contribution in [0.25, 0.3) is 0 Å². The van der Waals surface area contributed by atoms with E-state index in [0.717, 1.165) is 32.1 Å². The van der Waals surface area contributed by atoms with Crippen LogP contribution in [0.1, 0.15) is 85.5 Å². The molecule has 4 aliphatic heterocycles. The molecule has 19 heteroatoms. The number of rotatable bonds is 12. The van der Waals surface area contributed by atoms with Gasteiger partial charge in [0.25, 0.3) is 0 Å². The lowest BCUT2D eigenvalue weighted by Crippen LogP contribution is -2.62. The molecule has 63 heavy (non-hydrogen) atoms. The summed E-state index contributed by atoms with van der Waals surface area (Å²) < 4.78 is 40.9. The highest BCUT2D eigenvalue weighted by Gasteiger charge is 2.69. The molecule has 4 saturated carbocycles. The molecule has 4 saturated heterocycles. The molecule has 27 unspecified atom stereocenters. The normalized spacial score (nSPS) is 56.3. The third kappa shape index (κ3) is 8.69. The van der Waals surface area contributed by atoms with Crippen molar-refractivity contribution in [2.45, 2.75) is 196 Å². The fourth-order valence-corrected chi connectivity index (χ4v) is 13.8. The lowest BCUT2D eigenvalue weighted by atomic mass is 9.44. The molecule has 8 aliphatic rings. The number of hydrogen-bond donors (Lipinski definition) is 12. The Labute approximate surface area is 368 Å². The average Bonchev–Trinajstić information content (AvgIpc) is 3.69. The van der Waals surface area contributed by atoms with Crippen molar-refractivity contribution in [3.8, 4) is 0 Å². The first kappa shape index (κ1) is 48.7. The molecule has 8 fully saturated rings. The van der Waals surface area contributed by atoms with Gasteiger partial charge in [-0.3, -0.25) is 0 Å². The van der Waals surface area contributed by atoms with Gasteiger partial charge in [0, 0.05) is 12.3 Å². The lowest BCUT2D eigenvalue weighted by Gasteiger charge is -2.62. The number of fused-ring (bicyclic) bond motifs is 7. The third-order valence-electron chi connectivity index (χ3n) is 17.6. The van der Waals surface area contributed by atoms with Crippen molar-refractivity contribution in [2.75, 3.05) is 26.4 Å². The second kappa shape index (κ2) is 18.6. The Morgan fingerprint density at radius 3 is 2.08 bits per heavy atom. The number of ether oxygens (including phenoxy) is 7. The summed E-state index contributed by atoms with van der Waals surface area (Å²) in [5, 5.41) is 126. The predicted octanol–water partition coefficient (Wildman–Crippen LogP) is -2.17. The maximum Gasteiger partial charge on any atom is 0.187 e. The summed E-state index contributed by atoms with van der Waals surface area (Å²) in [5.74, 6) is 0.0396. The van der Waals surface area contributed by atoms with Crippen LogP contribution in [0.2, 0.25) is 0 Å². The maximum absolute atomic E-state index is 12.0. The van der Waals surface area contributed by atoms with E-state index >= 15 is 0 Å². The van der Waals surface area contributed by atoms with Crippen LogP contribution >= 0.6 is 0 Å². The SMILES string of the molecule is CC(CCC1(O)OC2CC3C4CCC5CC(OC6OC(COC7OCC(O)C(O)C7O)C(O)C(O)C6O)C(O)CC5(C)C4CCC3(C)C2C1C)COC1OC(CO)C(O)C(O)C1O. The highest BCUT2D eigenvalue weighted by molar-refractivity contribution is 5.15. The van der Waals surface area contributed by atoms with Gasteiger partial charge in [-0.05, 0) is 97.7 Å². The highest BCUT2D eigenvalue weighted by Crippen LogP contribution is 2.71. The molecule has 0 aromatic heterocycles. The first-order valence-corrected chi connectivity index (χ1v) is 23.3. The van der Waals surface area contributed by atoms with Crippen molar-refractivity contribution < 1.29 is 94.4 Å². The largest absolute Gasteiger partial charge is 0.394 e. The minimum atomic E-state index is -1.66.